The topological polar surface area (TPSA) is 110 Å². The van der Waals surface area contributed by atoms with Crippen molar-refractivity contribution in [3.05, 3.63) is 42.5 Å². The SMILES string of the molecule is CC(=O)N1c2ccc(-c3ccc(NS(C)(=O)=O)cc3)cc2N(C(=O)[O-])C(C2CCC(F)(F)CC2)[C@@H]1C. The van der Waals surface area contributed by atoms with E-state index in [1.807, 2.05) is 0 Å². The number of rotatable bonds is 4. The van der Waals surface area contributed by atoms with Gasteiger partial charge >= 0.3 is 0 Å². The highest BCUT2D eigenvalue weighted by molar-refractivity contribution is 7.92. The first-order valence-electron chi connectivity index (χ1n) is 11.7. The van der Waals surface area contributed by atoms with E-state index in [0.29, 0.717) is 22.5 Å². The van der Waals surface area contributed by atoms with E-state index in [4.69, 9.17) is 0 Å². The number of alkyl halides is 2. The Labute approximate surface area is 208 Å². The predicted molar refractivity (Wildman–Crippen MR) is 132 cm³/mol. The summed E-state index contributed by atoms with van der Waals surface area (Å²) in [6.45, 7) is 3.13. The lowest BCUT2D eigenvalue weighted by molar-refractivity contribution is -0.247. The molecule has 0 saturated heterocycles. The maximum Gasteiger partial charge on any atom is 0.248 e. The second kappa shape index (κ2) is 9.34. The fourth-order valence-corrected chi connectivity index (χ4v) is 6.04. The van der Waals surface area contributed by atoms with Crippen LogP contribution in [0, 0.1) is 5.92 Å². The molecule has 194 valence electrons. The molecular formula is C25H28F2N3O5S-. The number of nitrogens with one attached hydrogen (secondary N) is 1. The Bertz CT molecular complexity index is 1270. The van der Waals surface area contributed by atoms with Crippen LogP contribution in [0.4, 0.5) is 30.6 Å². The first-order chi connectivity index (χ1) is 16.8. The zero-order valence-electron chi connectivity index (χ0n) is 20.2. The number of fused-ring (bicyclic) bond motifs is 1. The lowest BCUT2D eigenvalue weighted by Gasteiger charge is -2.51. The van der Waals surface area contributed by atoms with Gasteiger partial charge in [-0.1, -0.05) is 18.2 Å². The lowest BCUT2D eigenvalue weighted by Crippen LogP contribution is -2.63. The minimum Gasteiger partial charge on any atom is -0.530 e. The third-order valence-corrected chi connectivity index (χ3v) is 7.60. The molecule has 1 aliphatic carbocycles. The quantitative estimate of drug-likeness (QED) is 0.659. The predicted octanol–water partition coefficient (Wildman–Crippen LogP) is 3.82. The summed E-state index contributed by atoms with van der Waals surface area (Å²) in [6, 6.07) is 10.3. The molecule has 11 heteroatoms. The molecule has 1 heterocycles. The van der Waals surface area contributed by atoms with Crippen LogP contribution < -0.4 is 19.6 Å². The number of halogens is 2. The van der Waals surface area contributed by atoms with Crippen LogP contribution in [-0.4, -0.2) is 44.7 Å². The van der Waals surface area contributed by atoms with Crippen LogP contribution in [0.15, 0.2) is 42.5 Å². The normalized spacial score (nSPS) is 22.1. The molecule has 2 aromatic rings. The number of carbonyl (C=O) groups is 2. The third kappa shape index (κ3) is 5.16. The molecule has 1 unspecified atom stereocenters. The van der Waals surface area contributed by atoms with Crippen molar-refractivity contribution in [2.24, 2.45) is 5.92 Å². The smallest absolute Gasteiger partial charge is 0.248 e. The molecule has 8 nitrogen and oxygen atoms in total. The Hall–Kier alpha value is -3.21. The van der Waals surface area contributed by atoms with Gasteiger partial charge in [0.15, 0.2) is 0 Å². The van der Waals surface area contributed by atoms with Crippen LogP contribution in [0.2, 0.25) is 0 Å². The summed E-state index contributed by atoms with van der Waals surface area (Å²) < 4.78 is 53.0. The average molecular weight is 521 g/mol. The molecule has 0 bridgehead atoms. The average Bonchev–Trinajstić information content (AvgIpc) is 2.77. The molecule has 2 aromatic carbocycles. The van der Waals surface area contributed by atoms with Crippen molar-refractivity contribution >= 4 is 39.1 Å². The van der Waals surface area contributed by atoms with Gasteiger partial charge in [0.25, 0.3) is 0 Å². The van der Waals surface area contributed by atoms with Gasteiger partial charge in [-0.15, -0.1) is 0 Å². The summed E-state index contributed by atoms with van der Waals surface area (Å²) in [4.78, 5) is 27.7. The summed E-state index contributed by atoms with van der Waals surface area (Å²) in [5.41, 5.74) is 2.35. The van der Waals surface area contributed by atoms with Gasteiger partial charge in [-0.3, -0.25) is 9.52 Å². The number of carbonyl (C=O) groups excluding carboxylic acids is 2. The first kappa shape index (κ1) is 25.9. The van der Waals surface area contributed by atoms with Gasteiger partial charge in [-0.2, -0.15) is 0 Å². The minimum absolute atomic E-state index is 0.140. The first-order valence-corrected chi connectivity index (χ1v) is 13.6. The van der Waals surface area contributed by atoms with Gasteiger partial charge in [-0.05, 0) is 61.1 Å². The van der Waals surface area contributed by atoms with Crippen molar-refractivity contribution in [2.45, 2.75) is 57.5 Å². The number of hydrogen-bond acceptors (Lipinski definition) is 5. The Morgan fingerprint density at radius 3 is 2.11 bits per heavy atom. The summed E-state index contributed by atoms with van der Waals surface area (Å²) in [7, 11) is -3.44. The number of benzene rings is 2. The second-order valence-corrected chi connectivity index (χ2v) is 11.4. The number of nitrogens with zero attached hydrogens (tertiary/aromatic N) is 2. The molecule has 1 saturated carbocycles. The summed E-state index contributed by atoms with van der Waals surface area (Å²) >= 11 is 0. The van der Waals surface area contributed by atoms with Crippen LogP contribution in [0.3, 0.4) is 0 Å². The third-order valence-electron chi connectivity index (χ3n) is 7.00. The zero-order valence-corrected chi connectivity index (χ0v) is 21.0. The summed E-state index contributed by atoms with van der Waals surface area (Å²) in [6.07, 6.45) is -0.795. The fraction of sp³-hybridized carbons (Fsp3) is 0.440. The van der Waals surface area contributed by atoms with Gasteiger partial charge in [0.05, 0.1) is 29.7 Å². The number of anilines is 3. The zero-order chi connectivity index (χ0) is 26.4. The van der Waals surface area contributed by atoms with Crippen molar-refractivity contribution in [3.63, 3.8) is 0 Å². The fourth-order valence-electron chi connectivity index (χ4n) is 5.48. The number of hydrogen-bond donors (Lipinski definition) is 1. The van der Waals surface area contributed by atoms with Crippen molar-refractivity contribution in [3.8, 4) is 11.1 Å². The molecule has 0 aromatic heterocycles. The molecule has 2 atom stereocenters. The molecular weight excluding hydrogens is 492 g/mol. The molecule has 2 amide bonds. The Morgan fingerprint density at radius 1 is 1.00 bits per heavy atom. The Kier molecular flexibility index (Phi) is 6.72. The highest BCUT2D eigenvalue weighted by atomic mass is 32.2. The molecule has 0 spiro atoms. The number of carboxylic acid groups (broad SMARTS) is 1. The van der Waals surface area contributed by atoms with E-state index in [1.54, 1.807) is 49.4 Å². The van der Waals surface area contributed by atoms with E-state index in [-0.39, 0.29) is 43.2 Å². The van der Waals surface area contributed by atoms with E-state index in [1.165, 1.54) is 11.8 Å². The maximum absolute atomic E-state index is 13.9. The van der Waals surface area contributed by atoms with Crippen LogP contribution >= 0.6 is 0 Å². The van der Waals surface area contributed by atoms with Crippen molar-refractivity contribution < 1.29 is 31.9 Å². The van der Waals surface area contributed by atoms with E-state index in [9.17, 15) is 31.9 Å². The van der Waals surface area contributed by atoms with E-state index >= 15 is 0 Å². The largest absolute Gasteiger partial charge is 0.530 e. The highest BCUT2D eigenvalue weighted by Crippen LogP contribution is 2.47. The molecule has 1 N–H and O–H groups in total. The van der Waals surface area contributed by atoms with Gasteiger partial charge < -0.3 is 19.7 Å². The maximum atomic E-state index is 13.9. The minimum atomic E-state index is -3.44. The monoisotopic (exact) mass is 520 g/mol. The summed E-state index contributed by atoms with van der Waals surface area (Å²) in [5, 5.41) is 12.4. The molecule has 36 heavy (non-hydrogen) atoms. The van der Waals surface area contributed by atoms with Crippen LogP contribution in [0.5, 0.6) is 0 Å². The lowest BCUT2D eigenvalue weighted by atomic mass is 9.77. The Morgan fingerprint density at radius 2 is 1.58 bits per heavy atom. The molecule has 2 aliphatic rings. The number of sulfonamides is 1. The number of amides is 2. The van der Waals surface area contributed by atoms with Crippen molar-refractivity contribution in [1.82, 2.24) is 0 Å². The standard InChI is InChI=1S/C25H29F2N3O5S/c1-15-23(18-10-12-25(26,27)13-11-18)30(24(32)33)22-14-19(6-9-21(22)29(15)16(2)31)17-4-7-20(8-5-17)28-36(3,34)35/h4-9,14-15,18,23,28H,10-13H2,1-3H3,(H,32,33)/p-1/t15-,23?/m0/s1. The van der Waals surface area contributed by atoms with Gasteiger partial charge in [0.2, 0.25) is 21.9 Å². The second-order valence-electron chi connectivity index (χ2n) is 9.60. The van der Waals surface area contributed by atoms with Crippen LogP contribution in [-0.2, 0) is 14.8 Å². The van der Waals surface area contributed by atoms with Crippen LogP contribution in [0.25, 0.3) is 11.1 Å². The van der Waals surface area contributed by atoms with E-state index in [2.05, 4.69) is 4.72 Å². The van der Waals surface area contributed by atoms with E-state index in [0.717, 1.165) is 11.2 Å². The van der Waals surface area contributed by atoms with Crippen molar-refractivity contribution in [1.29, 1.82) is 0 Å². The van der Waals surface area contributed by atoms with Gasteiger partial charge in [0, 0.05) is 25.5 Å². The van der Waals surface area contributed by atoms with Gasteiger partial charge in [0.1, 0.15) is 6.09 Å². The molecule has 1 aliphatic heterocycles. The van der Waals surface area contributed by atoms with Crippen LogP contribution in [0.1, 0.15) is 39.5 Å². The highest BCUT2D eigenvalue weighted by Gasteiger charge is 2.46. The van der Waals surface area contributed by atoms with Gasteiger partial charge in [-0.25, -0.2) is 17.2 Å². The van der Waals surface area contributed by atoms with E-state index < -0.39 is 34.1 Å². The molecule has 1 fully saturated rings. The molecule has 4 rings (SSSR count). The Balaban J connectivity index is 1.77. The summed E-state index contributed by atoms with van der Waals surface area (Å²) in [5.74, 6) is -3.42. The molecule has 0 radical (unpaired) electrons. The van der Waals surface area contributed by atoms with Crippen molar-refractivity contribution in [2.75, 3.05) is 20.8 Å².